The molecule has 4 rings (SSSR count). The van der Waals surface area contributed by atoms with Crippen LogP contribution >= 0.6 is 0 Å². The van der Waals surface area contributed by atoms with Gasteiger partial charge in [0.1, 0.15) is 5.84 Å². The number of anilines is 1. The van der Waals surface area contributed by atoms with E-state index in [-0.39, 0.29) is 10.8 Å². The third kappa shape index (κ3) is 5.00. The molecule has 160 valence electrons. The monoisotopic (exact) mass is 437 g/mol. The van der Waals surface area contributed by atoms with Crippen LogP contribution in [0.25, 0.3) is 5.69 Å². The van der Waals surface area contributed by atoms with Crippen molar-refractivity contribution in [1.82, 2.24) is 14.3 Å². The first-order valence-electron chi connectivity index (χ1n) is 10.1. The summed E-state index contributed by atoms with van der Waals surface area (Å²) in [5.74, 6) is 0.367. The number of benzene rings is 2. The lowest BCUT2D eigenvalue weighted by atomic mass is 10.1. The summed E-state index contributed by atoms with van der Waals surface area (Å²) in [4.78, 5) is 20.8. The number of carbonyl (C=O) groups excluding carboxylic acids is 1. The van der Waals surface area contributed by atoms with Crippen LogP contribution in [0.2, 0.25) is 0 Å². The first-order valence-corrected chi connectivity index (χ1v) is 11.6. The van der Waals surface area contributed by atoms with Crippen LogP contribution in [-0.4, -0.2) is 36.3 Å². The van der Waals surface area contributed by atoms with Gasteiger partial charge < -0.3 is 9.88 Å². The Kier molecular flexibility index (Phi) is 6.13. The van der Waals surface area contributed by atoms with Crippen LogP contribution in [0.3, 0.4) is 0 Å². The minimum atomic E-state index is -3.50. The van der Waals surface area contributed by atoms with Crippen LogP contribution in [0, 0.1) is 0 Å². The number of rotatable bonds is 8. The molecule has 2 N–H and O–H groups in total. The van der Waals surface area contributed by atoms with Gasteiger partial charge in [0.25, 0.3) is 10.0 Å². The van der Waals surface area contributed by atoms with Crippen molar-refractivity contribution in [2.24, 2.45) is 4.99 Å². The second kappa shape index (κ2) is 9.13. The van der Waals surface area contributed by atoms with E-state index in [0.717, 1.165) is 30.6 Å². The zero-order chi connectivity index (χ0) is 21.7. The fourth-order valence-electron chi connectivity index (χ4n) is 3.37. The van der Waals surface area contributed by atoms with Crippen LogP contribution in [0.1, 0.15) is 31.2 Å². The van der Waals surface area contributed by atoms with E-state index >= 15 is 0 Å². The van der Waals surface area contributed by atoms with Crippen molar-refractivity contribution in [3.8, 4) is 5.69 Å². The van der Waals surface area contributed by atoms with Gasteiger partial charge in [0.2, 0.25) is 5.91 Å². The Morgan fingerprint density at radius 3 is 2.65 bits per heavy atom. The van der Waals surface area contributed by atoms with E-state index in [1.54, 1.807) is 36.8 Å². The average molecular weight is 438 g/mol. The summed E-state index contributed by atoms with van der Waals surface area (Å²) in [5.41, 5.74) is 2.35. The number of fused-ring (bicyclic) bond motifs is 1. The van der Waals surface area contributed by atoms with Gasteiger partial charge in [-0.2, -0.15) is 0 Å². The van der Waals surface area contributed by atoms with Gasteiger partial charge in [-0.05, 0) is 49.2 Å². The summed E-state index contributed by atoms with van der Waals surface area (Å²) in [6.07, 6.45) is 8.07. The van der Waals surface area contributed by atoms with E-state index in [1.165, 1.54) is 0 Å². The van der Waals surface area contributed by atoms with Crippen LogP contribution in [-0.2, 0) is 14.8 Å². The van der Waals surface area contributed by atoms with Crippen LogP contribution in [0.4, 0.5) is 5.69 Å². The minimum Gasteiger partial charge on any atom is -0.326 e. The number of aliphatic imine (C=N–C) groups is 1. The topological polar surface area (TPSA) is 105 Å². The Bertz CT molecular complexity index is 1190. The van der Waals surface area contributed by atoms with Crippen molar-refractivity contribution in [2.45, 2.75) is 30.6 Å². The molecule has 1 aliphatic rings. The molecule has 0 radical (unpaired) electrons. The maximum atomic E-state index is 12.1. The highest BCUT2D eigenvalue weighted by Gasteiger charge is 2.29. The quantitative estimate of drug-likeness (QED) is 0.528. The van der Waals surface area contributed by atoms with E-state index < -0.39 is 10.0 Å². The van der Waals surface area contributed by atoms with Gasteiger partial charge in [-0.25, -0.2) is 13.4 Å². The third-order valence-corrected chi connectivity index (χ3v) is 6.35. The maximum Gasteiger partial charge on any atom is 0.263 e. The summed E-state index contributed by atoms with van der Waals surface area (Å²) in [6, 6.07) is 14.4. The van der Waals surface area contributed by atoms with Gasteiger partial charge in [-0.1, -0.05) is 18.6 Å². The van der Waals surface area contributed by atoms with Gasteiger partial charge in [0, 0.05) is 42.3 Å². The standard InChI is InChI=1S/C22H23N5O3S/c28-21(25-17-9-11-18(12-10-17)27-15-14-23-16-27)8-2-1-5-13-24-22-19-6-3-4-7-20(19)31(29,30)26-22/h3-4,6-7,9-12,14-16H,1-2,5,8,13H2,(H,24,26)(H,25,28). The largest absolute Gasteiger partial charge is 0.326 e. The molecule has 1 aliphatic heterocycles. The number of hydrogen-bond donors (Lipinski definition) is 2. The molecule has 2 aromatic carbocycles. The summed E-state index contributed by atoms with van der Waals surface area (Å²) < 4.78 is 28.5. The number of aromatic nitrogens is 2. The number of unbranched alkanes of at least 4 members (excludes halogenated alkanes) is 2. The highest BCUT2D eigenvalue weighted by molar-refractivity contribution is 7.90. The van der Waals surface area contributed by atoms with E-state index in [0.29, 0.717) is 24.4 Å². The molecule has 0 saturated carbocycles. The number of sulfonamides is 1. The van der Waals surface area contributed by atoms with Crippen LogP contribution in [0.15, 0.2) is 77.1 Å². The van der Waals surface area contributed by atoms with Gasteiger partial charge in [0.15, 0.2) is 0 Å². The van der Waals surface area contributed by atoms with Gasteiger partial charge >= 0.3 is 0 Å². The molecular formula is C22H23N5O3S. The molecule has 2 heterocycles. The van der Waals surface area contributed by atoms with Gasteiger partial charge in [0.05, 0.1) is 11.2 Å². The molecule has 0 atom stereocenters. The Balaban J connectivity index is 1.19. The molecular weight excluding hydrogens is 414 g/mol. The molecule has 31 heavy (non-hydrogen) atoms. The Hall–Kier alpha value is -3.46. The van der Waals surface area contributed by atoms with Gasteiger partial charge in [-0.15, -0.1) is 0 Å². The fraction of sp³-hybridized carbons (Fsp3) is 0.227. The second-order valence-electron chi connectivity index (χ2n) is 7.21. The summed E-state index contributed by atoms with van der Waals surface area (Å²) in [6.45, 7) is 0.503. The van der Waals surface area contributed by atoms with Crippen molar-refractivity contribution in [2.75, 3.05) is 11.9 Å². The highest BCUT2D eigenvalue weighted by atomic mass is 32.2. The molecule has 0 bridgehead atoms. The zero-order valence-electron chi connectivity index (χ0n) is 16.9. The molecule has 3 aromatic rings. The number of nitrogens with zero attached hydrogens (tertiary/aromatic N) is 3. The van der Waals surface area contributed by atoms with E-state index in [1.807, 2.05) is 35.0 Å². The SMILES string of the molecule is O=C(CCCCCN=C1NS(=O)(=O)c2ccccc21)Nc1ccc(-n2ccnc2)cc1. The molecule has 0 spiro atoms. The second-order valence-corrected chi connectivity index (χ2v) is 8.86. The number of carbonyl (C=O) groups is 1. The number of amides is 1. The first kappa shape index (κ1) is 20.8. The first-order chi connectivity index (χ1) is 15.0. The van der Waals surface area contributed by atoms with Crippen molar-refractivity contribution in [3.63, 3.8) is 0 Å². The predicted molar refractivity (Wildman–Crippen MR) is 119 cm³/mol. The van der Waals surface area contributed by atoms with Crippen molar-refractivity contribution < 1.29 is 13.2 Å². The number of imidazole rings is 1. The molecule has 0 aliphatic carbocycles. The lowest BCUT2D eigenvalue weighted by Gasteiger charge is -2.07. The lowest BCUT2D eigenvalue weighted by Crippen LogP contribution is -2.22. The Morgan fingerprint density at radius 2 is 1.87 bits per heavy atom. The zero-order valence-corrected chi connectivity index (χ0v) is 17.7. The molecule has 1 amide bonds. The van der Waals surface area contributed by atoms with Crippen molar-refractivity contribution in [3.05, 3.63) is 72.8 Å². The number of nitrogens with one attached hydrogen (secondary N) is 2. The van der Waals surface area contributed by atoms with Crippen molar-refractivity contribution >= 4 is 27.5 Å². The highest BCUT2D eigenvalue weighted by Crippen LogP contribution is 2.22. The summed E-state index contributed by atoms with van der Waals surface area (Å²) >= 11 is 0. The number of amidine groups is 1. The van der Waals surface area contributed by atoms with E-state index in [9.17, 15) is 13.2 Å². The molecule has 0 unspecified atom stereocenters. The van der Waals surface area contributed by atoms with E-state index in [4.69, 9.17) is 0 Å². The minimum absolute atomic E-state index is 0.0285. The lowest BCUT2D eigenvalue weighted by molar-refractivity contribution is -0.116. The molecule has 9 heteroatoms. The van der Waals surface area contributed by atoms with Gasteiger partial charge in [-0.3, -0.25) is 14.5 Å². The molecule has 1 aromatic heterocycles. The molecule has 8 nitrogen and oxygen atoms in total. The smallest absolute Gasteiger partial charge is 0.263 e. The third-order valence-electron chi connectivity index (χ3n) is 4.95. The molecule has 0 fully saturated rings. The number of hydrogen-bond acceptors (Lipinski definition) is 5. The predicted octanol–water partition coefficient (Wildman–Crippen LogP) is 3.11. The fourth-order valence-corrected chi connectivity index (χ4v) is 4.62. The molecule has 0 saturated heterocycles. The Labute approximate surface area is 181 Å². The average Bonchev–Trinajstić information content (AvgIpc) is 3.38. The van der Waals surface area contributed by atoms with Crippen LogP contribution in [0.5, 0.6) is 0 Å². The summed E-state index contributed by atoms with van der Waals surface area (Å²) in [5, 5.41) is 2.90. The van der Waals surface area contributed by atoms with Crippen LogP contribution < -0.4 is 10.0 Å². The Morgan fingerprint density at radius 1 is 1.06 bits per heavy atom. The van der Waals surface area contributed by atoms with Crippen molar-refractivity contribution in [1.29, 1.82) is 0 Å². The maximum absolute atomic E-state index is 12.1. The van der Waals surface area contributed by atoms with E-state index in [2.05, 4.69) is 20.0 Å². The normalized spacial score (nSPS) is 15.4. The summed E-state index contributed by atoms with van der Waals surface area (Å²) in [7, 11) is -3.50.